The largest absolute Gasteiger partial charge is 0.341 e. The van der Waals surface area contributed by atoms with Crippen LogP contribution < -0.4 is 10.2 Å². The van der Waals surface area contributed by atoms with Crippen molar-refractivity contribution in [1.82, 2.24) is 15.3 Å². The lowest BCUT2D eigenvalue weighted by Crippen LogP contribution is -2.35. The Kier molecular flexibility index (Phi) is 3.57. The summed E-state index contributed by atoms with van der Waals surface area (Å²) in [7, 11) is 2.09. The number of nitrogens with zero attached hydrogens (tertiary/aromatic N) is 3. The smallest absolute Gasteiger partial charge is 0.225 e. The van der Waals surface area contributed by atoms with E-state index in [1.165, 1.54) is 12.8 Å². The zero-order valence-electron chi connectivity index (χ0n) is 12.1. The molecule has 1 aliphatic carbocycles. The molecule has 0 spiro atoms. The van der Waals surface area contributed by atoms with Crippen LogP contribution in [-0.4, -0.2) is 28.6 Å². The molecule has 100 valence electrons. The van der Waals surface area contributed by atoms with Gasteiger partial charge >= 0.3 is 0 Å². The molecule has 1 heterocycles. The molecule has 0 bridgehead atoms. The van der Waals surface area contributed by atoms with Gasteiger partial charge in [-0.25, -0.2) is 9.97 Å². The zero-order chi connectivity index (χ0) is 13.3. The molecule has 1 aromatic rings. The van der Waals surface area contributed by atoms with E-state index in [1.807, 2.05) is 6.92 Å². The van der Waals surface area contributed by atoms with Crippen LogP contribution in [0.1, 0.15) is 45.0 Å². The van der Waals surface area contributed by atoms with Crippen molar-refractivity contribution < 1.29 is 0 Å². The summed E-state index contributed by atoms with van der Waals surface area (Å²) < 4.78 is 0. The molecule has 0 saturated heterocycles. The molecule has 0 atom stereocenters. The summed E-state index contributed by atoms with van der Waals surface area (Å²) in [6.07, 6.45) is 2.53. The fourth-order valence-corrected chi connectivity index (χ4v) is 1.85. The minimum absolute atomic E-state index is 0.113. The Morgan fingerprint density at radius 3 is 2.56 bits per heavy atom. The average Bonchev–Trinajstić information content (AvgIpc) is 3.07. The first-order valence-electron chi connectivity index (χ1n) is 6.67. The molecule has 0 aromatic carbocycles. The topological polar surface area (TPSA) is 41.1 Å². The molecule has 0 aliphatic heterocycles. The molecule has 1 aliphatic rings. The minimum atomic E-state index is 0.113. The van der Waals surface area contributed by atoms with Crippen molar-refractivity contribution in [3.63, 3.8) is 0 Å². The molecule has 1 aromatic heterocycles. The normalized spacial score (nSPS) is 15.8. The van der Waals surface area contributed by atoms with Gasteiger partial charge in [0.05, 0.1) is 5.69 Å². The van der Waals surface area contributed by atoms with Crippen molar-refractivity contribution in [3.05, 3.63) is 17.5 Å². The zero-order valence-corrected chi connectivity index (χ0v) is 12.1. The van der Waals surface area contributed by atoms with Crippen LogP contribution in [0.4, 0.5) is 5.95 Å². The highest BCUT2D eigenvalue weighted by atomic mass is 15.3. The van der Waals surface area contributed by atoms with Gasteiger partial charge in [-0.3, -0.25) is 0 Å². The van der Waals surface area contributed by atoms with Crippen molar-refractivity contribution in [3.8, 4) is 0 Å². The summed E-state index contributed by atoms with van der Waals surface area (Å²) in [5, 5.41) is 3.47. The molecular formula is C14H24N4. The van der Waals surface area contributed by atoms with Gasteiger partial charge in [0.25, 0.3) is 0 Å². The van der Waals surface area contributed by atoms with Gasteiger partial charge in [-0.15, -0.1) is 0 Å². The Morgan fingerprint density at radius 1 is 1.33 bits per heavy atom. The van der Waals surface area contributed by atoms with E-state index in [4.69, 9.17) is 0 Å². The second kappa shape index (κ2) is 4.84. The molecule has 18 heavy (non-hydrogen) atoms. The summed E-state index contributed by atoms with van der Waals surface area (Å²) in [5.41, 5.74) is 2.22. The molecule has 4 nitrogen and oxygen atoms in total. The van der Waals surface area contributed by atoms with E-state index >= 15 is 0 Å². The molecule has 4 heteroatoms. The van der Waals surface area contributed by atoms with Gasteiger partial charge < -0.3 is 10.2 Å². The van der Waals surface area contributed by atoms with Crippen LogP contribution in [0.25, 0.3) is 0 Å². The monoisotopic (exact) mass is 248 g/mol. The Hall–Kier alpha value is -1.16. The molecule has 1 saturated carbocycles. The third-order valence-corrected chi connectivity index (χ3v) is 3.11. The number of aryl methyl sites for hydroxylation is 1. The predicted octanol–water partition coefficient (Wildman–Crippen LogP) is 2.27. The van der Waals surface area contributed by atoms with E-state index in [-0.39, 0.29) is 5.54 Å². The van der Waals surface area contributed by atoms with E-state index < -0.39 is 0 Å². The highest BCUT2D eigenvalue weighted by Crippen LogP contribution is 2.28. The first-order valence-corrected chi connectivity index (χ1v) is 6.67. The summed E-state index contributed by atoms with van der Waals surface area (Å²) in [6.45, 7) is 9.32. The number of hydrogen-bond donors (Lipinski definition) is 1. The lowest BCUT2D eigenvalue weighted by molar-refractivity contribution is 0.421. The van der Waals surface area contributed by atoms with Crippen LogP contribution in [0, 0.1) is 6.92 Å². The van der Waals surface area contributed by atoms with Crippen molar-refractivity contribution in [2.24, 2.45) is 0 Å². The lowest BCUT2D eigenvalue weighted by atomic mass is 10.1. The van der Waals surface area contributed by atoms with E-state index in [2.05, 4.69) is 54.1 Å². The standard InChI is InChI=1S/C14H24N4/c1-10-8-11(9-15-14(2,3)4)17-13(16-10)18(5)12-6-7-12/h8,12,15H,6-7,9H2,1-5H3. The Balaban J connectivity index is 2.10. The number of aromatic nitrogens is 2. The predicted molar refractivity (Wildman–Crippen MR) is 74.8 cm³/mol. The third-order valence-electron chi connectivity index (χ3n) is 3.11. The first kappa shape index (κ1) is 13.3. The number of rotatable bonds is 4. The van der Waals surface area contributed by atoms with E-state index in [9.17, 15) is 0 Å². The second-order valence-corrected chi connectivity index (χ2v) is 6.25. The fourth-order valence-electron chi connectivity index (χ4n) is 1.85. The summed E-state index contributed by atoms with van der Waals surface area (Å²) in [4.78, 5) is 11.4. The highest BCUT2D eigenvalue weighted by Gasteiger charge is 2.28. The van der Waals surface area contributed by atoms with Gasteiger partial charge in [0.15, 0.2) is 0 Å². The van der Waals surface area contributed by atoms with Gasteiger partial charge in [-0.2, -0.15) is 0 Å². The van der Waals surface area contributed by atoms with E-state index in [0.717, 1.165) is 23.9 Å². The maximum Gasteiger partial charge on any atom is 0.225 e. The van der Waals surface area contributed by atoms with Crippen LogP contribution in [-0.2, 0) is 6.54 Å². The van der Waals surface area contributed by atoms with E-state index in [0.29, 0.717) is 6.04 Å². The van der Waals surface area contributed by atoms with Crippen LogP contribution in [0.2, 0.25) is 0 Å². The van der Waals surface area contributed by atoms with E-state index in [1.54, 1.807) is 0 Å². The van der Waals surface area contributed by atoms with Crippen LogP contribution in [0.3, 0.4) is 0 Å². The van der Waals surface area contributed by atoms with Crippen molar-refractivity contribution in [2.45, 2.75) is 58.7 Å². The Morgan fingerprint density at radius 2 is 2.00 bits per heavy atom. The number of hydrogen-bond acceptors (Lipinski definition) is 4. The molecule has 1 fully saturated rings. The molecule has 0 amide bonds. The molecule has 0 unspecified atom stereocenters. The van der Waals surface area contributed by atoms with Gasteiger partial charge in [0.1, 0.15) is 0 Å². The van der Waals surface area contributed by atoms with Gasteiger partial charge in [0, 0.05) is 30.9 Å². The quantitative estimate of drug-likeness (QED) is 0.887. The first-order chi connectivity index (χ1) is 8.35. The van der Waals surface area contributed by atoms with Crippen LogP contribution >= 0.6 is 0 Å². The highest BCUT2D eigenvalue weighted by molar-refractivity contribution is 5.34. The molecular weight excluding hydrogens is 224 g/mol. The summed E-state index contributed by atoms with van der Waals surface area (Å²) in [6, 6.07) is 2.71. The number of anilines is 1. The molecule has 0 radical (unpaired) electrons. The van der Waals surface area contributed by atoms with Crippen molar-refractivity contribution in [2.75, 3.05) is 11.9 Å². The average molecular weight is 248 g/mol. The van der Waals surface area contributed by atoms with Crippen molar-refractivity contribution >= 4 is 5.95 Å². The van der Waals surface area contributed by atoms with Crippen LogP contribution in [0.15, 0.2) is 6.07 Å². The third kappa shape index (κ3) is 3.67. The number of nitrogens with one attached hydrogen (secondary N) is 1. The Labute approximate surface area is 110 Å². The molecule has 1 N–H and O–H groups in total. The van der Waals surface area contributed by atoms with Crippen molar-refractivity contribution in [1.29, 1.82) is 0 Å². The lowest BCUT2D eigenvalue weighted by Gasteiger charge is -2.21. The maximum atomic E-state index is 4.65. The summed E-state index contributed by atoms with van der Waals surface area (Å²) in [5.74, 6) is 0.864. The molecule has 2 rings (SSSR count). The van der Waals surface area contributed by atoms with Gasteiger partial charge in [-0.05, 0) is 46.6 Å². The van der Waals surface area contributed by atoms with Gasteiger partial charge in [0.2, 0.25) is 5.95 Å². The maximum absolute atomic E-state index is 4.65. The van der Waals surface area contributed by atoms with Gasteiger partial charge in [-0.1, -0.05) is 0 Å². The SMILES string of the molecule is Cc1cc(CNC(C)(C)C)nc(N(C)C2CC2)n1. The summed E-state index contributed by atoms with van der Waals surface area (Å²) >= 11 is 0. The van der Waals surface area contributed by atoms with Crippen LogP contribution in [0.5, 0.6) is 0 Å². The second-order valence-electron chi connectivity index (χ2n) is 6.25. The minimum Gasteiger partial charge on any atom is -0.341 e. The Bertz CT molecular complexity index is 418. The fraction of sp³-hybridized carbons (Fsp3) is 0.714.